The molecule has 0 amide bonds. The Morgan fingerprint density at radius 3 is 1.35 bits per heavy atom. The van der Waals surface area contributed by atoms with Crippen LogP contribution in [0.15, 0.2) is 169 Å². The largest absolute Gasteiger partial charge is 0.494 e. The van der Waals surface area contributed by atoms with E-state index in [1.54, 1.807) is 97.4 Å². The quantitative estimate of drug-likeness (QED) is 0.00657. The molecule has 0 bridgehead atoms. The van der Waals surface area contributed by atoms with E-state index in [2.05, 4.69) is 27.0 Å². The number of esters is 5. The van der Waals surface area contributed by atoms with Crippen molar-refractivity contribution in [1.82, 2.24) is 9.97 Å². The molecule has 0 fully saturated rings. The third kappa shape index (κ3) is 25.0. The molecule has 0 aliphatic rings. The number of hydrazone groups is 2. The zero-order valence-electron chi connectivity index (χ0n) is 55.8. The van der Waals surface area contributed by atoms with E-state index in [0.29, 0.717) is 78.4 Å². The van der Waals surface area contributed by atoms with E-state index in [9.17, 15) is 24.0 Å². The number of hydrogen-bond acceptors (Lipinski definition) is 22. The second kappa shape index (κ2) is 41.4. The maximum absolute atomic E-state index is 13.8. The Morgan fingerprint density at radius 1 is 0.459 bits per heavy atom. The first kappa shape index (κ1) is 74.0. The van der Waals surface area contributed by atoms with Crippen LogP contribution in [0, 0.1) is 0 Å². The van der Waals surface area contributed by atoms with Crippen molar-refractivity contribution in [3.63, 3.8) is 0 Å². The van der Waals surface area contributed by atoms with Crippen LogP contribution in [0.1, 0.15) is 161 Å². The van der Waals surface area contributed by atoms with E-state index < -0.39 is 29.8 Å². The van der Waals surface area contributed by atoms with E-state index in [1.807, 2.05) is 58.5 Å². The third-order valence-electron chi connectivity index (χ3n) is 15.1. The van der Waals surface area contributed by atoms with Crippen LogP contribution in [0.2, 0.25) is 0 Å². The number of benzene rings is 6. The number of ether oxygens (including phenoxy) is 7. The highest BCUT2D eigenvalue weighted by molar-refractivity contribution is 7.22. The first-order valence-corrected chi connectivity index (χ1v) is 35.2. The minimum Gasteiger partial charge on any atom is -0.494 e. The fraction of sp³-hybridized carbons (Fsp3) is 0.355. The second-order valence-corrected chi connectivity index (χ2v) is 24.8. The molecule has 20 nitrogen and oxygen atoms in total. The van der Waals surface area contributed by atoms with E-state index in [0.717, 1.165) is 140 Å². The van der Waals surface area contributed by atoms with Crippen molar-refractivity contribution in [3.8, 4) is 34.5 Å². The van der Waals surface area contributed by atoms with Crippen molar-refractivity contribution in [2.75, 3.05) is 56.1 Å². The fourth-order valence-electron chi connectivity index (χ4n) is 9.76. The number of para-hydroxylation sites is 2. The average Bonchev–Trinajstić information content (AvgIpc) is 1.67. The van der Waals surface area contributed by atoms with Crippen LogP contribution in [0.3, 0.4) is 0 Å². The summed E-state index contributed by atoms with van der Waals surface area (Å²) in [6, 6.07) is 38.8. The monoisotopic (exact) mass is 1370 g/mol. The molecule has 0 saturated heterocycles. The average molecular weight is 1370 g/mol. The number of rotatable bonds is 45. The van der Waals surface area contributed by atoms with Gasteiger partial charge >= 0.3 is 29.8 Å². The zero-order valence-corrected chi connectivity index (χ0v) is 57.5. The van der Waals surface area contributed by atoms with Gasteiger partial charge in [-0.3, -0.25) is 4.79 Å². The predicted molar refractivity (Wildman–Crippen MR) is 385 cm³/mol. The minimum atomic E-state index is -0.616. The number of carbonyl (C=O) groups excluding carboxylic acids is 5. The van der Waals surface area contributed by atoms with Gasteiger partial charge in [0.2, 0.25) is 10.3 Å². The van der Waals surface area contributed by atoms with Crippen LogP contribution < -0.4 is 38.6 Å². The van der Waals surface area contributed by atoms with Crippen LogP contribution in [0.5, 0.6) is 34.5 Å². The lowest BCUT2D eigenvalue weighted by Gasteiger charge is -2.16. The maximum Gasteiger partial charge on any atom is 0.343 e. The van der Waals surface area contributed by atoms with Crippen LogP contribution >= 0.6 is 22.7 Å². The molecule has 8 rings (SSSR count). The minimum absolute atomic E-state index is 0.00484. The summed E-state index contributed by atoms with van der Waals surface area (Å²) in [7, 11) is 0. The van der Waals surface area contributed by atoms with Crippen molar-refractivity contribution in [2.45, 2.75) is 129 Å². The number of anilines is 2. The molecular formula is C76H86N6O14S2. The van der Waals surface area contributed by atoms with Crippen LogP contribution in [-0.4, -0.2) is 98.4 Å². The zero-order chi connectivity index (χ0) is 68.9. The first-order valence-electron chi connectivity index (χ1n) is 33.6. The molecule has 0 N–H and O–H groups in total. The van der Waals surface area contributed by atoms with Gasteiger partial charge < -0.3 is 38.0 Å². The second-order valence-electron chi connectivity index (χ2n) is 22.8. The Bertz CT molecular complexity index is 3840. The topological polar surface area (TPSA) is 225 Å². The van der Waals surface area contributed by atoms with Gasteiger partial charge in [-0.25, -0.2) is 39.2 Å². The van der Waals surface area contributed by atoms with Gasteiger partial charge in [0.25, 0.3) is 0 Å². The Labute approximate surface area is 580 Å². The van der Waals surface area contributed by atoms with Gasteiger partial charge in [0, 0.05) is 42.8 Å². The number of unbranched alkanes of at least 4 members (excludes halogenated alkanes) is 12. The molecule has 2 aromatic heterocycles. The van der Waals surface area contributed by atoms with E-state index in [1.165, 1.54) is 22.7 Å². The predicted octanol–water partition coefficient (Wildman–Crippen LogP) is 17.2. The highest BCUT2D eigenvalue weighted by Crippen LogP contribution is 2.33. The molecule has 22 heteroatoms. The molecule has 8 aromatic rings. The molecule has 516 valence electrons. The van der Waals surface area contributed by atoms with Crippen LogP contribution in [0.25, 0.3) is 20.4 Å². The Balaban J connectivity index is 0.911. The first-order chi connectivity index (χ1) is 48.0. The highest BCUT2D eigenvalue weighted by atomic mass is 32.1. The Kier molecular flexibility index (Phi) is 31.2. The van der Waals surface area contributed by atoms with E-state index in [4.69, 9.17) is 63.1 Å². The van der Waals surface area contributed by atoms with Gasteiger partial charge in [-0.2, -0.15) is 15.1 Å². The molecule has 0 spiro atoms. The highest BCUT2D eigenvalue weighted by Gasteiger charge is 2.19. The molecule has 2 heterocycles. The summed E-state index contributed by atoms with van der Waals surface area (Å²) in [6.07, 6.45) is 20.5. The summed E-state index contributed by atoms with van der Waals surface area (Å²) in [5.74, 6) is -0.512. The molecule has 0 radical (unpaired) electrons. The summed E-state index contributed by atoms with van der Waals surface area (Å²) >= 11 is 3.06. The Morgan fingerprint density at radius 2 is 0.888 bits per heavy atom. The molecule has 0 aliphatic carbocycles. The molecule has 0 unspecified atom stereocenters. The van der Waals surface area contributed by atoms with Crippen LogP contribution in [0.4, 0.5) is 10.3 Å². The summed E-state index contributed by atoms with van der Waals surface area (Å²) in [5, 5.41) is 15.0. The summed E-state index contributed by atoms with van der Waals surface area (Å²) in [6.45, 7) is 14.0. The third-order valence-corrected chi connectivity index (χ3v) is 17.2. The van der Waals surface area contributed by atoms with Gasteiger partial charge in [-0.1, -0.05) is 112 Å². The molecule has 98 heavy (non-hydrogen) atoms. The van der Waals surface area contributed by atoms with Gasteiger partial charge in [-0.05, 0) is 180 Å². The Hall–Kier alpha value is -9.77. The van der Waals surface area contributed by atoms with Crippen molar-refractivity contribution >= 4 is 95.6 Å². The summed E-state index contributed by atoms with van der Waals surface area (Å²) < 4.78 is 41.9. The van der Waals surface area contributed by atoms with E-state index in [-0.39, 0.29) is 42.4 Å². The summed E-state index contributed by atoms with van der Waals surface area (Å²) in [5.41, 5.74) is 3.12. The summed E-state index contributed by atoms with van der Waals surface area (Å²) in [4.78, 5) is 84.8. The maximum atomic E-state index is 13.8. The molecule has 0 atom stereocenters. The standard InChI is InChI=1S/C76H86N6O14S2/c1-5-9-11-21-45-81(75-79-64-28-17-19-30-68(64)97-75)77-54-58-52-62(41-43-66(58)94-73(86)56-33-37-60(38-34-56)88-47-23-13-15-25-49-90-70(83)7-3)93-72(85)32-27-51-92-96-63-42-44-67(95-74(87)57-35-39-61(40-36-57)89-48-24-14-16-26-50-91-71(84)8-4)59(53-63)55-78-82(46-22-12-10-6-2)76-80-65-29-18-20-31-69(65)98-76/h7-8,17-20,28-31,33-44,52-55H,3-6,9-16,21-27,32,45-51H2,1-2H3/b77-54+,78-55+. The van der Waals surface area contributed by atoms with E-state index >= 15 is 0 Å². The van der Waals surface area contributed by atoms with Crippen molar-refractivity contribution in [2.24, 2.45) is 10.2 Å². The molecule has 0 aliphatic heterocycles. The number of aromatic nitrogens is 2. The van der Waals surface area contributed by atoms with Gasteiger partial charge in [0.15, 0.2) is 5.75 Å². The number of hydrogen-bond donors (Lipinski definition) is 0. The van der Waals surface area contributed by atoms with Gasteiger partial charge in [-0.15, -0.1) is 0 Å². The lowest BCUT2D eigenvalue weighted by molar-refractivity contribution is -0.207. The normalized spacial score (nSPS) is 11.2. The van der Waals surface area contributed by atoms with Gasteiger partial charge in [0.1, 0.15) is 28.7 Å². The lowest BCUT2D eigenvalue weighted by Crippen LogP contribution is -2.18. The van der Waals surface area contributed by atoms with Gasteiger partial charge in [0.05, 0.1) is 77.0 Å². The molecule has 6 aromatic carbocycles. The lowest BCUT2D eigenvalue weighted by atomic mass is 10.2. The van der Waals surface area contributed by atoms with Crippen molar-refractivity contribution < 1.29 is 66.9 Å². The fourth-order valence-corrected chi connectivity index (χ4v) is 11.7. The van der Waals surface area contributed by atoms with Crippen molar-refractivity contribution in [1.29, 1.82) is 0 Å². The number of fused-ring (bicyclic) bond motifs is 2. The smallest absolute Gasteiger partial charge is 0.343 e. The van der Waals surface area contributed by atoms with Crippen LogP contribution in [-0.2, 0) is 28.7 Å². The number of carbonyl (C=O) groups is 5. The number of thiazole rings is 2. The SMILES string of the molecule is C=CC(=O)OCCCCCCOc1ccc(C(=O)Oc2ccc(OOCCCC(=O)Oc3ccc(OC(=O)c4ccc(OCCCCCCOC(=O)C=C)cc4)c(/C=N/N(CCCCCC)c4nc5ccccc5s4)c3)cc2/C=N/N(CCCCCC)c2nc3ccccc3s2)cc1. The van der Waals surface area contributed by atoms with Crippen molar-refractivity contribution in [3.05, 3.63) is 181 Å². The molecular weight excluding hydrogens is 1280 g/mol. The number of nitrogens with zero attached hydrogens (tertiary/aromatic N) is 6. The molecule has 0 saturated carbocycles.